The van der Waals surface area contributed by atoms with Crippen LogP contribution in [-0.4, -0.2) is 9.55 Å². The fourth-order valence-corrected chi connectivity index (χ4v) is 10.5. The highest BCUT2D eigenvalue weighted by atomic mass is 15.2. The normalized spacial score (nSPS) is 15.0. The van der Waals surface area contributed by atoms with Crippen LogP contribution < -0.4 is 9.80 Å². The molecule has 10 aromatic rings. The summed E-state index contributed by atoms with van der Waals surface area (Å²) in [5.74, 6) is 0. The molecule has 0 fully saturated rings. The quantitative estimate of drug-likeness (QED) is 0.179. The van der Waals surface area contributed by atoms with Crippen LogP contribution in [-0.2, 0) is 10.8 Å². The number of aromatic nitrogens is 2. The van der Waals surface area contributed by atoms with Gasteiger partial charge in [-0.2, -0.15) is 0 Å². The van der Waals surface area contributed by atoms with Gasteiger partial charge in [0, 0.05) is 39.2 Å². The fraction of sp³-hybridized carbons (Fsp3) is 0.109. The number of pyridine rings is 1. The van der Waals surface area contributed by atoms with Crippen LogP contribution in [0.5, 0.6) is 0 Å². The zero-order chi connectivity index (χ0) is 39.6. The lowest BCUT2D eigenvalue weighted by molar-refractivity contribution is 0.632. The first-order chi connectivity index (χ1) is 28.8. The van der Waals surface area contributed by atoms with Crippen LogP contribution in [0.25, 0.3) is 49.0 Å². The molecule has 0 unspecified atom stereocenters. The van der Waals surface area contributed by atoms with E-state index in [2.05, 4.69) is 211 Å². The standard InChI is InChI=1S/C55H42N4/c1-54(2)43-17-7-10-20-47(43)57(48-21-11-8-18-44(48)54)38-26-23-37-31-39(27-24-36(37)30-38)58-49-22-12-9-19-45(49)55(3,4)46-32-42-51(33-52(46)58)59(40-15-13-29-56-34-40)50-28-25-35-14-5-6-16-41(35)53(42)50/h5-34H,1-4H3. The summed E-state index contributed by atoms with van der Waals surface area (Å²) in [6, 6.07) is 63.0. The highest BCUT2D eigenvalue weighted by Crippen LogP contribution is 2.55. The van der Waals surface area contributed by atoms with Gasteiger partial charge in [-0.3, -0.25) is 4.98 Å². The second kappa shape index (κ2) is 12.2. The second-order valence-corrected chi connectivity index (χ2v) is 17.3. The molecule has 0 atom stereocenters. The summed E-state index contributed by atoms with van der Waals surface area (Å²) >= 11 is 0. The van der Waals surface area contributed by atoms with Crippen molar-refractivity contribution in [1.82, 2.24) is 9.55 Å². The van der Waals surface area contributed by atoms with Gasteiger partial charge >= 0.3 is 0 Å². The molecule has 0 bridgehead atoms. The highest BCUT2D eigenvalue weighted by Gasteiger charge is 2.39. The van der Waals surface area contributed by atoms with Crippen LogP contribution in [0.4, 0.5) is 34.1 Å². The van der Waals surface area contributed by atoms with E-state index in [1.807, 2.05) is 18.5 Å². The highest BCUT2D eigenvalue weighted by molar-refractivity contribution is 6.22. The van der Waals surface area contributed by atoms with Crippen LogP contribution >= 0.6 is 0 Å². The Morgan fingerprint density at radius 3 is 1.54 bits per heavy atom. The fourth-order valence-electron chi connectivity index (χ4n) is 10.5. The van der Waals surface area contributed by atoms with Gasteiger partial charge in [0.2, 0.25) is 0 Å². The Labute approximate surface area is 344 Å². The van der Waals surface area contributed by atoms with Crippen LogP contribution in [0, 0.1) is 0 Å². The van der Waals surface area contributed by atoms with Crippen molar-refractivity contribution in [2.45, 2.75) is 38.5 Å². The summed E-state index contributed by atoms with van der Waals surface area (Å²) in [4.78, 5) is 9.51. The van der Waals surface area contributed by atoms with Gasteiger partial charge in [0.25, 0.3) is 0 Å². The van der Waals surface area contributed by atoms with Gasteiger partial charge in [-0.15, -0.1) is 0 Å². The molecule has 2 aliphatic rings. The predicted molar refractivity (Wildman–Crippen MR) is 247 cm³/mol. The first-order valence-electron chi connectivity index (χ1n) is 20.6. The maximum Gasteiger partial charge on any atom is 0.0645 e. The summed E-state index contributed by atoms with van der Waals surface area (Å²) in [5.41, 5.74) is 15.5. The molecule has 59 heavy (non-hydrogen) atoms. The van der Waals surface area contributed by atoms with E-state index >= 15 is 0 Å². The lowest BCUT2D eigenvalue weighted by Crippen LogP contribution is -2.30. The molecular weight excluding hydrogens is 717 g/mol. The predicted octanol–water partition coefficient (Wildman–Crippen LogP) is 14.7. The van der Waals surface area contributed by atoms with Crippen molar-refractivity contribution in [3.63, 3.8) is 0 Å². The van der Waals surface area contributed by atoms with Crippen molar-refractivity contribution in [3.8, 4) is 5.69 Å². The summed E-state index contributed by atoms with van der Waals surface area (Å²) in [6.45, 7) is 9.44. The van der Waals surface area contributed by atoms with Crippen LogP contribution in [0.3, 0.4) is 0 Å². The van der Waals surface area contributed by atoms with Gasteiger partial charge in [-0.1, -0.05) is 125 Å². The lowest BCUT2D eigenvalue weighted by atomic mass is 9.73. The third-order valence-electron chi connectivity index (χ3n) is 13.4. The Morgan fingerprint density at radius 2 is 0.932 bits per heavy atom. The van der Waals surface area contributed by atoms with Crippen LogP contribution in [0.15, 0.2) is 182 Å². The summed E-state index contributed by atoms with van der Waals surface area (Å²) < 4.78 is 2.40. The molecule has 0 N–H and O–H groups in total. The van der Waals surface area contributed by atoms with E-state index in [4.69, 9.17) is 0 Å². The number of nitrogens with zero attached hydrogens (tertiary/aromatic N) is 4. The molecule has 8 aromatic carbocycles. The van der Waals surface area contributed by atoms with Crippen molar-refractivity contribution in [3.05, 3.63) is 205 Å². The molecule has 0 amide bonds. The molecule has 0 spiro atoms. The van der Waals surface area contributed by atoms with Gasteiger partial charge in [-0.05, 0) is 117 Å². The number of hydrogen-bond acceptors (Lipinski definition) is 3. The third kappa shape index (κ3) is 4.74. The maximum absolute atomic E-state index is 4.58. The molecule has 0 radical (unpaired) electrons. The molecule has 282 valence electrons. The SMILES string of the molecule is CC1(C)c2ccccc2N(c2ccc3cc(N4c5ccccc5C(C)(C)c5cc6c7c8ccccc8ccc7n(-c7cccnc7)c6cc54)ccc3c2)c2ccccc21. The molecule has 2 aliphatic heterocycles. The average molecular weight is 759 g/mol. The zero-order valence-electron chi connectivity index (χ0n) is 33.6. The van der Waals surface area contributed by atoms with E-state index in [1.54, 1.807) is 0 Å². The van der Waals surface area contributed by atoms with Gasteiger partial charge in [0.1, 0.15) is 0 Å². The van der Waals surface area contributed by atoms with Crippen molar-refractivity contribution in [2.75, 3.05) is 9.80 Å². The number of anilines is 6. The number of hydrogen-bond donors (Lipinski definition) is 0. The van der Waals surface area contributed by atoms with Crippen molar-refractivity contribution in [1.29, 1.82) is 0 Å². The van der Waals surface area contributed by atoms with E-state index < -0.39 is 0 Å². The van der Waals surface area contributed by atoms with Gasteiger partial charge in [-0.25, -0.2) is 0 Å². The van der Waals surface area contributed by atoms with Crippen molar-refractivity contribution < 1.29 is 0 Å². The molecule has 4 heterocycles. The topological polar surface area (TPSA) is 24.3 Å². The Kier molecular flexibility index (Phi) is 7.00. The van der Waals surface area contributed by atoms with Gasteiger partial charge < -0.3 is 14.4 Å². The van der Waals surface area contributed by atoms with Crippen LogP contribution in [0.2, 0.25) is 0 Å². The van der Waals surface area contributed by atoms with Crippen molar-refractivity contribution in [2.24, 2.45) is 0 Å². The molecule has 0 saturated carbocycles. The number of fused-ring (bicyclic) bond motifs is 10. The first-order valence-corrected chi connectivity index (χ1v) is 20.6. The largest absolute Gasteiger partial charge is 0.310 e. The minimum absolute atomic E-state index is 0.100. The number of para-hydroxylation sites is 3. The average Bonchev–Trinajstić information content (AvgIpc) is 3.60. The second-order valence-electron chi connectivity index (χ2n) is 17.3. The molecule has 4 heteroatoms. The van der Waals surface area contributed by atoms with Gasteiger partial charge in [0.15, 0.2) is 0 Å². The molecular formula is C55H42N4. The first kappa shape index (κ1) is 33.9. The van der Waals surface area contributed by atoms with E-state index in [0.29, 0.717) is 0 Å². The molecule has 0 aliphatic carbocycles. The number of rotatable bonds is 3. The Hall–Kier alpha value is -7.17. The summed E-state index contributed by atoms with van der Waals surface area (Å²) in [6.07, 6.45) is 3.83. The summed E-state index contributed by atoms with van der Waals surface area (Å²) in [5, 5.41) is 7.43. The smallest absolute Gasteiger partial charge is 0.0645 e. The van der Waals surface area contributed by atoms with E-state index in [9.17, 15) is 0 Å². The number of benzene rings is 8. The van der Waals surface area contributed by atoms with Crippen LogP contribution in [0.1, 0.15) is 49.9 Å². The minimum atomic E-state index is -0.245. The molecule has 4 nitrogen and oxygen atoms in total. The minimum Gasteiger partial charge on any atom is -0.310 e. The van der Waals surface area contributed by atoms with Crippen molar-refractivity contribution >= 4 is 77.5 Å². The van der Waals surface area contributed by atoms with E-state index in [1.165, 1.54) is 88.4 Å². The molecule has 0 saturated heterocycles. The van der Waals surface area contributed by atoms with E-state index in [0.717, 1.165) is 17.1 Å². The summed E-state index contributed by atoms with van der Waals surface area (Å²) in [7, 11) is 0. The van der Waals surface area contributed by atoms with Gasteiger partial charge in [0.05, 0.1) is 45.7 Å². The van der Waals surface area contributed by atoms with E-state index in [-0.39, 0.29) is 10.8 Å². The monoisotopic (exact) mass is 758 g/mol. The Morgan fingerprint density at radius 1 is 0.390 bits per heavy atom. The molecule has 2 aromatic heterocycles. The lowest BCUT2D eigenvalue weighted by Gasteiger charge is -2.42. The third-order valence-corrected chi connectivity index (χ3v) is 13.4. The maximum atomic E-state index is 4.58. The Balaban J connectivity index is 1.07. The molecule has 12 rings (SSSR count). The Bertz CT molecular complexity index is 3300. The zero-order valence-corrected chi connectivity index (χ0v) is 33.6.